The molecule has 2 nitrogen and oxygen atoms in total. The molecule has 10 heavy (non-hydrogen) atoms. The van der Waals surface area contributed by atoms with Gasteiger partial charge < -0.3 is 4.74 Å². The van der Waals surface area contributed by atoms with Gasteiger partial charge in [0.05, 0.1) is 5.57 Å². The van der Waals surface area contributed by atoms with Crippen LogP contribution in [0.4, 0.5) is 0 Å². The zero-order valence-corrected chi connectivity index (χ0v) is 6.18. The van der Waals surface area contributed by atoms with Gasteiger partial charge in [-0.15, -0.1) is 0 Å². The third-order valence-electron chi connectivity index (χ3n) is 1.27. The third-order valence-corrected chi connectivity index (χ3v) is 1.27. The number of carbonyl (C=O) groups is 1. The van der Waals surface area contributed by atoms with Gasteiger partial charge in [0.2, 0.25) is 0 Å². The Balaban J connectivity index is 2.79. The van der Waals surface area contributed by atoms with Crippen molar-refractivity contribution in [2.75, 3.05) is 0 Å². The molecule has 0 aromatic rings. The molecule has 0 spiro atoms. The molecule has 0 aromatic heterocycles. The van der Waals surface area contributed by atoms with E-state index in [0.29, 0.717) is 11.3 Å². The fourth-order valence-electron chi connectivity index (χ4n) is 0.875. The first-order chi connectivity index (χ1) is 4.74. The van der Waals surface area contributed by atoms with Crippen LogP contribution in [0.5, 0.6) is 0 Å². The van der Waals surface area contributed by atoms with E-state index in [9.17, 15) is 4.79 Å². The second-order valence-electron chi connectivity index (χ2n) is 2.21. The van der Waals surface area contributed by atoms with Crippen LogP contribution in [-0.4, -0.2) is 5.97 Å². The Morgan fingerprint density at radius 1 is 1.70 bits per heavy atom. The summed E-state index contributed by atoms with van der Waals surface area (Å²) in [4.78, 5) is 10.8. The molecule has 0 aliphatic carbocycles. The van der Waals surface area contributed by atoms with Crippen molar-refractivity contribution in [2.45, 2.75) is 20.3 Å². The summed E-state index contributed by atoms with van der Waals surface area (Å²) in [5.41, 5.74) is 0.681. The SMILES string of the molecule is CCC=C1C=C(C)OC1=O. The number of allylic oxidation sites excluding steroid dienone is 2. The van der Waals surface area contributed by atoms with Gasteiger partial charge in [0.15, 0.2) is 0 Å². The first kappa shape index (κ1) is 7.06. The van der Waals surface area contributed by atoms with Crippen LogP contribution in [0.25, 0.3) is 0 Å². The Morgan fingerprint density at radius 3 is 2.80 bits per heavy atom. The highest BCUT2D eigenvalue weighted by Gasteiger charge is 2.16. The summed E-state index contributed by atoms with van der Waals surface area (Å²) >= 11 is 0. The van der Waals surface area contributed by atoms with E-state index < -0.39 is 0 Å². The van der Waals surface area contributed by atoms with Crippen LogP contribution in [0.1, 0.15) is 20.3 Å². The molecule has 54 valence electrons. The molecule has 0 saturated carbocycles. The van der Waals surface area contributed by atoms with E-state index in [2.05, 4.69) is 0 Å². The molecule has 0 aromatic carbocycles. The fourth-order valence-corrected chi connectivity index (χ4v) is 0.875. The molecule has 0 fully saturated rings. The molecule has 1 heterocycles. The van der Waals surface area contributed by atoms with Gasteiger partial charge in [-0.1, -0.05) is 13.0 Å². The summed E-state index contributed by atoms with van der Waals surface area (Å²) in [6.45, 7) is 3.76. The Morgan fingerprint density at radius 2 is 2.40 bits per heavy atom. The highest BCUT2D eigenvalue weighted by molar-refractivity contribution is 5.94. The van der Waals surface area contributed by atoms with Gasteiger partial charge in [-0.3, -0.25) is 0 Å². The Hall–Kier alpha value is -1.05. The van der Waals surface area contributed by atoms with Crippen LogP contribution >= 0.6 is 0 Å². The lowest BCUT2D eigenvalue weighted by atomic mass is 10.2. The zero-order valence-electron chi connectivity index (χ0n) is 6.18. The molecule has 1 aliphatic rings. The molecule has 0 atom stereocenters. The maximum atomic E-state index is 10.8. The Kier molecular flexibility index (Phi) is 1.90. The summed E-state index contributed by atoms with van der Waals surface area (Å²) in [5, 5.41) is 0. The van der Waals surface area contributed by atoms with Crippen LogP contribution in [0.3, 0.4) is 0 Å². The van der Waals surface area contributed by atoms with Crippen molar-refractivity contribution in [1.29, 1.82) is 0 Å². The predicted octanol–water partition coefficient (Wildman–Crippen LogP) is 1.78. The molecule has 0 radical (unpaired) electrons. The maximum absolute atomic E-state index is 10.8. The van der Waals surface area contributed by atoms with E-state index in [-0.39, 0.29) is 5.97 Å². The third kappa shape index (κ3) is 1.26. The van der Waals surface area contributed by atoms with Gasteiger partial charge in [0.1, 0.15) is 5.76 Å². The van der Waals surface area contributed by atoms with E-state index in [4.69, 9.17) is 4.74 Å². The van der Waals surface area contributed by atoms with Crippen molar-refractivity contribution < 1.29 is 9.53 Å². The van der Waals surface area contributed by atoms with Gasteiger partial charge in [0, 0.05) is 0 Å². The van der Waals surface area contributed by atoms with Gasteiger partial charge in [-0.2, -0.15) is 0 Å². The monoisotopic (exact) mass is 138 g/mol. The van der Waals surface area contributed by atoms with Crippen LogP contribution in [-0.2, 0) is 9.53 Å². The number of cyclic esters (lactones) is 1. The van der Waals surface area contributed by atoms with Crippen LogP contribution in [0, 0.1) is 0 Å². The molecule has 0 amide bonds. The largest absolute Gasteiger partial charge is 0.428 e. The minimum atomic E-state index is -0.223. The molecule has 0 bridgehead atoms. The Labute approximate surface area is 60.2 Å². The number of rotatable bonds is 1. The normalized spacial score (nSPS) is 21.2. The summed E-state index contributed by atoms with van der Waals surface area (Å²) in [6, 6.07) is 0. The second-order valence-corrected chi connectivity index (χ2v) is 2.21. The van der Waals surface area contributed by atoms with Gasteiger partial charge in [-0.25, -0.2) is 4.79 Å². The highest BCUT2D eigenvalue weighted by Crippen LogP contribution is 2.15. The van der Waals surface area contributed by atoms with Crippen LogP contribution in [0.15, 0.2) is 23.5 Å². The molecule has 0 saturated heterocycles. The van der Waals surface area contributed by atoms with Crippen molar-refractivity contribution in [3.8, 4) is 0 Å². The minimum Gasteiger partial charge on any atom is -0.428 e. The lowest BCUT2D eigenvalue weighted by molar-refractivity contribution is -0.133. The van der Waals surface area contributed by atoms with E-state index in [0.717, 1.165) is 6.42 Å². The van der Waals surface area contributed by atoms with Gasteiger partial charge in [0.25, 0.3) is 0 Å². The average molecular weight is 138 g/mol. The number of carbonyl (C=O) groups excluding carboxylic acids is 1. The molecule has 0 unspecified atom stereocenters. The van der Waals surface area contributed by atoms with Crippen LogP contribution in [0.2, 0.25) is 0 Å². The first-order valence-electron chi connectivity index (χ1n) is 3.34. The average Bonchev–Trinajstić information content (AvgIpc) is 2.13. The minimum absolute atomic E-state index is 0.223. The fraction of sp³-hybridized carbons (Fsp3) is 0.375. The zero-order chi connectivity index (χ0) is 7.56. The molecule has 0 N–H and O–H groups in total. The number of hydrogen-bond acceptors (Lipinski definition) is 2. The standard InChI is InChI=1S/C8H10O2/c1-3-4-7-5-6(2)10-8(7)9/h4-5H,3H2,1-2H3. The maximum Gasteiger partial charge on any atom is 0.342 e. The highest BCUT2D eigenvalue weighted by atomic mass is 16.5. The summed E-state index contributed by atoms with van der Waals surface area (Å²) in [6.07, 6.45) is 4.49. The smallest absolute Gasteiger partial charge is 0.342 e. The number of hydrogen-bond donors (Lipinski definition) is 0. The number of ether oxygens (including phenoxy) is 1. The molecule has 1 rings (SSSR count). The molecule has 2 heteroatoms. The Bertz CT molecular complexity index is 211. The van der Waals surface area contributed by atoms with E-state index in [1.165, 1.54) is 0 Å². The van der Waals surface area contributed by atoms with Crippen LogP contribution < -0.4 is 0 Å². The van der Waals surface area contributed by atoms with Crippen molar-refractivity contribution in [3.63, 3.8) is 0 Å². The summed E-state index contributed by atoms with van der Waals surface area (Å²) < 4.78 is 4.78. The summed E-state index contributed by atoms with van der Waals surface area (Å²) in [5.74, 6) is 0.462. The van der Waals surface area contributed by atoms with Crippen molar-refractivity contribution >= 4 is 5.97 Å². The first-order valence-corrected chi connectivity index (χ1v) is 3.34. The molecule has 1 aliphatic heterocycles. The van der Waals surface area contributed by atoms with E-state index in [1.807, 2.05) is 13.0 Å². The molecular weight excluding hydrogens is 128 g/mol. The van der Waals surface area contributed by atoms with E-state index >= 15 is 0 Å². The topological polar surface area (TPSA) is 26.3 Å². The second kappa shape index (κ2) is 2.69. The quantitative estimate of drug-likeness (QED) is 0.408. The van der Waals surface area contributed by atoms with Gasteiger partial charge in [-0.05, 0) is 19.4 Å². The predicted molar refractivity (Wildman–Crippen MR) is 38.2 cm³/mol. The number of esters is 1. The van der Waals surface area contributed by atoms with Crippen molar-refractivity contribution in [2.24, 2.45) is 0 Å². The lowest BCUT2D eigenvalue weighted by Crippen LogP contribution is -1.95. The van der Waals surface area contributed by atoms with E-state index in [1.54, 1.807) is 13.0 Å². The van der Waals surface area contributed by atoms with Crippen molar-refractivity contribution in [3.05, 3.63) is 23.5 Å². The molecular formula is C8H10O2. The van der Waals surface area contributed by atoms with Gasteiger partial charge >= 0.3 is 5.97 Å². The van der Waals surface area contributed by atoms with Crippen molar-refractivity contribution in [1.82, 2.24) is 0 Å². The summed E-state index contributed by atoms with van der Waals surface area (Å²) in [7, 11) is 0. The lowest BCUT2D eigenvalue weighted by Gasteiger charge is -1.90.